The van der Waals surface area contributed by atoms with Crippen molar-refractivity contribution in [3.63, 3.8) is 0 Å². The lowest BCUT2D eigenvalue weighted by atomic mass is 10.0. The molecule has 35 heavy (non-hydrogen) atoms. The van der Waals surface area contributed by atoms with Gasteiger partial charge in [0.15, 0.2) is 0 Å². The SMILES string of the molecule is COC(=O)c1cccn1C1CCN(C(=O)c2cn(-c3ccccc3)nc2-c2ccccc2C)CC1. The second-order valence-electron chi connectivity index (χ2n) is 8.80. The quantitative estimate of drug-likeness (QED) is 0.390. The average Bonchev–Trinajstić information content (AvgIpc) is 3.57. The molecular weight excluding hydrogens is 440 g/mol. The highest BCUT2D eigenvalue weighted by atomic mass is 16.5. The van der Waals surface area contributed by atoms with Gasteiger partial charge in [-0.25, -0.2) is 9.48 Å². The zero-order chi connectivity index (χ0) is 24.4. The van der Waals surface area contributed by atoms with Crippen LogP contribution in [-0.2, 0) is 4.74 Å². The zero-order valence-corrected chi connectivity index (χ0v) is 19.9. The minimum Gasteiger partial charge on any atom is -0.464 e. The Morgan fingerprint density at radius 1 is 0.943 bits per heavy atom. The maximum absolute atomic E-state index is 13.8. The molecule has 0 bridgehead atoms. The van der Waals surface area contributed by atoms with E-state index in [0.29, 0.717) is 30.0 Å². The Hall–Kier alpha value is -4.13. The summed E-state index contributed by atoms with van der Waals surface area (Å²) < 4.78 is 8.67. The third-order valence-corrected chi connectivity index (χ3v) is 6.68. The van der Waals surface area contributed by atoms with Crippen molar-refractivity contribution in [2.24, 2.45) is 0 Å². The molecule has 0 atom stereocenters. The number of likely N-dealkylation sites (tertiary alicyclic amines) is 1. The first-order chi connectivity index (χ1) is 17.1. The van der Waals surface area contributed by atoms with Gasteiger partial charge in [0.1, 0.15) is 11.4 Å². The number of nitrogens with zero attached hydrogens (tertiary/aromatic N) is 4. The lowest BCUT2D eigenvalue weighted by molar-refractivity contribution is 0.0573. The molecule has 7 heteroatoms. The molecule has 2 aromatic heterocycles. The predicted octanol–water partition coefficient (Wildman–Crippen LogP) is 4.91. The molecule has 0 N–H and O–H groups in total. The van der Waals surface area contributed by atoms with Crippen LogP contribution in [0, 0.1) is 6.92 Å². The molecule has 1 aliphatic rings. The van der Waals surface area contributed by atoms with Gasteiger partial charge in [0.25, 0.3) is 5.91 Å². The highest BCUT2D eigenvalue weighted by Crippen LogP contribution is 2.30. The van der Waals surface area contributed by atoms with E-state index in [1.807, 2.05) is 89.4 Å². The van der Waals surface area contributed by atoms with Crippen LogP contribution in [0.1, 0.15) is 45.3 Å². The number of para-hydroxylation sites is 1. The maximum Gasteiger partial charge on any atom is 0.354 e. The highest BCUT2D eigenvalue weighted by Gasteiger charge is 2.29. The predicted molar refractivity (Wildman–Crippen MR) is 134 cm³/mol. The summed E-state index contributed by atoms with van der Waals surface area (Å²) >= 11 is 0. The number of carbonyl (C=O) groups is 2. The number of hydrogen-bond donors (Lipinski definition) is 0. The van der Waals surface area contributed by atoms with Crippen molar-refractivity contribution in [3.05, 3.63) is 95.9 Å². The molecule has 0 aliphatic carbocycles. The third kappa shape index (κ3) is 4.37. The number of esters is 1. The molecule has 7 nitrogen and oxygen atoms in total. The molecule has 0 unspecified atom stereocenters. The summed E-state index contributed by atoms with van der Waals surface area (Å²) in [5.74, 6) is -0.366. The third-order valence-electron chi connectivity index (χ3n) is 6.68. The lowest BCUT2D eigenvalue weighted by Crippen LogP contribution is -2.39. The summed E-state index contributed by atoms with van der Waals surface area (Å²) in [6.45, 7) is 3.24. The van der Waals surface area contributed by atoms with Crippen LogP contribution in [0.5, 0.6) is 0 Å². The Morgan fingerprint density at radius 2 is 1.66 bits per heavy atom. The molecule has 4 aromatic rings. The molecule has 1 amide bonds. The molecule has 0 saturated carbocycles. The first-order valence-corrected chi connectivity index (χ1v) is 11.8. The van der Waals surface area contributed by atoms with Gasteiger partial charge in [-0.2, -0.15) is 5.10 Å². The van der Waals surface area contributed by atoms with E-state index in [9.17, 15) is 9.59 Å². The van der Waals surface area contributed by atoms with Gasteiger partial charge >= 0.3 is 5.97 Å². The summed E-state index contributed by atoms with van der Waals surface area (Å²) in [5, 5.41) is 4.84. The standard InChI is InChI=1S/C28H28N4O3/c1-20-9-6-7-12-23(20)26-24(19-32(29-26)22-10-4-3-5-11-22)27(33)30-17-14-21(15-18-30)31-16-8-13-25(31)28(34)35-2/h3-13,16,19,21H,14-15,17-18H2,1-2H3. The summed E-state index contributed by atoms with van der Waals surface area (Å²) in [4.78, 5) is 27.7. The van der Waals surface area contributed by atoms with Gasteiger partial charge < -0.3 is 14.2 Å². The number of piperidine rings is 1. The van der Waals surface area contributed by atoms with Crippen LogP contribution in [-0.4, -0.2) is 51.3 Å². The van der Waals surface area contributed by atoms with Gasteiger partial charge in [0, 0.05) is 37.1 Å². The van der Waals surface area contributed by atoms with E-state index in [0.717, 1.165) is 29.7 Å². The van der Waals surface area contributed by atoms with E-state index < -0.39 is 0 Å². The fourth-order valence-corrected chi connectivity index (χ4v) is 4.79. The van der Waals surface area contributed by atoms with Crippen molar-refractivity contribution in [1.82, 2.24) is 19.2 Å². The highest BCUT2D eigenvalue weighted by molar-refractivity contribution is 6.00. The zero-order valence-electron chi connectivity index (χ0n) is 19.9. The van der Waals surface area contributed by atoms with Crippen molar-refractivity contribution in [3.8, 4) is 16.9 Å². The maximum atomic E-state index is 13.8. The number of amides is 1. The van der Waals surface area contributed by atoms with Crippen molar-refractivity contribution in [1.29, 1.82) is 0 Å². The minimum atomic E-state index is -0.343. The van der Waals surface area contributed by atoms with Crippen molar-refractivity contribution in [2.75, 3.05) is 20.2 Å². The number of hydrogen-bond acceptors (Lipinski definition) is 4. The van der Waals surface area contributed by atoms with Gasteiger partial charge in [-0.05, 0) is 49.6 Å². The van der Waals surface area contributed by atoms with Crippen LogP contribution < -0.4 is 0 Å². The summed E-state index contributed by atoms with van der Waals surface area (Å²) in [7, 11) is 1.39. The van der Waals surface area contributed by atoms with Crippen LogP contribution in [0.4, 0.5) is 0 Å². The second kappa shape index (κ2) is 9.62. The summed E-state index contributed by atoms with van der Waals surface area (Å²) in [6.07, 6.45) is 5.27. The molecule has 1 fully saturated rings. The van der Waals surface area contributed by atoms with E-state index in [2.05, 4.69) is 0 Å². The molecule has 178 valence electrons. The molecule has 0 radical (unpaired) electrons. The molecule has 1 saturated heterocycles. The first kappa shape index (κ1) is 22.7. The molecule has 0 spiro atoms. The van der Waals surface area contributed by atoms with Crippen molar-refractivity contribution >= 4 is 11.9 Å². The Labute approximate surface area is 204 Å². The van der Waals surface area contributed by atoms with E-state index in [-0.39, 0.29) is 17.9 Å². The van der Waals surface area contributed by atoms with Crippen molar-refractivity contribution < 1.29 is 14.3 Å². The average molecular weight is 469 g/mol. The number of rotatable bonds is 5. The number of carbonyl (C=O) groups excluding carboxylic acids is 2. The van der Waals surface area contributed by atoms with Crippen LogP contribution in [0.2, 0.25) is 0 Å². The smallest absolute Gasteiger partial charge is 0.354 e. The number of methoxy groups -OCH3 is 1. The Balaban J connectivity index is 1.42. The van der Waals surface area contributed by atoms with Crippen LogP contribution in [0.25, 0.3) is 16.9 Å². The van der Waals surface area contributed by atoms with Gasteiger partial charge in [-0.1, -0.05) is 42.5 Å². The van der Waals surface area contributed by atoms with E-state index in [1.54, 1.807) is 10.7 Å². The lowest BCUT2D eigenvalue weighted by Gasteiger charge is -2.33. The molecule has 1 aliphatic heterocycles. The molecule has 2 aromatic carbocycles. The van der Waals surface area contributed by atoms with Crippen LogP contribution in [0.15, 0.2) is 79.1 Å². The van der Waals surface area contributed by atoms with Gasteiger partial charge in [0.05, 0.1) is 18.4 Å². The number of aryl methyl sites for hydroxylation is 1. The number of aromatic nitrogens is 3. The van der Waals surface area contributed by atoms with Gasteiger partial charge in [-0.15, -0.1) is 0 Å². The van der Waals surface area contributed by atoms with E-state index >= 15 is 0 Å². The van der Waals surface area contributed by atoms with Gasteiger partial charge in [-0.3, -0.25) is 4.79 Å². The Bertz CT molecular complexity index is 1350. The Kier molecular flexibility index (Phi) is 6.23. The molecule has 5 rings (SSSR count). The number of benzene rings is 2. The first-order valence-electron chi connectivity index (χ1n) is 11.8. The molecule has 3 heterocycles. The fraction of sp³-hybridized carbons (Fsp3) is 0.250. The second-order valence-corrected chi connectivity index (χ2v) is 8.80. The fourth-order valence-electron chi connectivity index (χ4n) is 4.79. The summed E-state index contributed by atoms with van der Waals surface area (Å²) in [6, 6.07) is 21.6. The number of ether oxygens (including phenoxy) is 1. The van der Waals surface area contributed by atoms with Crippen LogP contribution in [0.3, 0.4) is 0 Å². The van der Waals surface area contributed by atoms with Gasteiger partial charge in [0.2, 0.25) is 0 Å². The normalized spacial score (nSPS) is 14.2. The monoisotopic (exact) mass is 468 g/mol. The summed E-state index contributed by atoms with van der Waals surface area (Å²) in [5.41, 5.74) is 4.76. The molecular formula is C28H28N4O3. The Morgan fingerprint density at radius 3 is 2.37 bits per heavy atom. The minimum absolute atomic E-state index is 0.0235. The van der Waals surface area contributed by atoms with E-state index in [4.69, 9.17) is 9.84 Å². The van der Waals surface area contributed by atoms with Crippen molar-refractivity contribution in [2.45, 2.75) is 25.8 Å². The van der Waals surface area contributed by atoms with E-state index in [1.165, 1.54) is 7.11 Å². The van der Waals surface area contributed by atoms with Crippen LogP contribution >= 0.6 is 0 Å². The topological polar surface area (TPSA) is 69.4 Å². The largest absolute Gasteiger partial charge is 0.464 e.